The number of aromatic nitrogens is 1. The molecule has 0 aliphatic carbocycles. The zero-order valence-electron chi connectivity index (χ0n) is 7.68. The first kappa shape index (κ1) is 9.58. The molecule has 4 heteroatoms. The highest BCUT2D eigenvalue weighted by molar-refractivity contribution is 7.17. The van der Waals surface area contributed by atoms with Crippen LogP contribution in [0.1, 0.15) is 11.6 Å². The predicted octanol–water partition coefficient (Wildman–Crippen LogP) is 1.33. The molecule has 1 unspecified atom stereocenters. The molecule has 0 fully saturated rings. The molecule has 2 heterocycles. The van der Waals surface area contributed by atoms with E-state index in [1.165, 1.54) is 4.70 Å². The van der Waals surface area contributed by atoms with Gasteiger partial charge in [0.1, 0.15) is 0 Å². The predicted molar refractivity (Wildman–Crippen MR) is 58.5 cm³/mol. The summed E-state index contributed by atoms with van der Waals surface area (Å²) in [7, 11) is 0. The SMILES string of the molecule is NCC(CO)c1nccc2sccc12. The van der Waals surface area contributed by atoms with Gasteiger partial charge in [0.2, 0.25) is 0 Å². The second-order valence-corrected chi connectivity index (χ2v) is 4.09. The molecule has 0 bridgehead atoms. The molecule has 14 heavy (non-hydrogen) atoms. The van der Waals surface area contributed by atoms with Crippen LogP contribution in [0.5, 0.6) is 0 Å². The molecule has 0 aliphatic heterocycles. The summed E-state index contributed by atoms with van der Waals surface area (Å²) in [5.74, 6) is -0.0479. The fourth-order valence-electron chi connectivity index (χ4n) is 1.51. The van der Waals surface area contributed by atoms with Crippen LogP contribution in [0.25, 0.3) is 10.1 Å². The van der Waals surface area contributed by atoms with Gasteiger partial charge in [-0.05, 0) is 17.5 Å². The third-order valence-electron chi connectivity index (χ3n) is 2.30. The largest absolute Gasteiger partial charge is 0.396 e. The van der Waals surface area contributed by atoms with E-state index in [9.17, 15) is 0 Å². The fraction of sp³-hybridized carbons (Fsp3) is 0.300. The summed E-state index contributed by atoms with van der Waals surface area (Å²) in [5.41, 5.74) is 6.49. The molecular weight excluding hydrogens is 196 g/mol. The van der Waals surface area contributed by atoms with Crippen LogP contribution < -0.4 is 5.73 Å². The van der Waals surface area contributed by atoms with Gasteiger partial charge < -0.3 is 10.8 Å². The summed E-state index contributed by atoms with van der Waals surface area (Å²) in [6.45, 7) is 0.483. The molecule has 1 atom stereocenters. The number of hydrogen-bond acceptors (Lipinski definition) is 4. The van der Waals surface area contributed by atoms with E-state index >= 15 is 0 Å². The highest BCUT2D eigenvalue weighted by atomic mass is 32.1. The molecule has 0 saturated heterocycles. The average molecular weight is 208 g/mol. The summed E-state index contributed by atoms with van der Waals surface area (Å²) in [5, 5.41) is 12.3. The molecule has 2 aromatic rings. The van der Waals surface area contributed by atoms with Crippen molar-refractivity contribution in [1.82, 2.24) is 4.98 Å². The van der Waals surface area contributed by atoms with Gasteiger partial charge >= 0.3 is 0 Å². The van der Waals surface area contributed by atoms with Gasteiger partial charge in [-0.15, -0.1) is 11.3 Å². The molecule has 0 amide bonds. The maximum atomic E-state index is 9.16. The molecule has 0 radical (unpaired) electrons. The average Bonchev–Trinajstić information content (AvgIpc) is 2.68. The Bertz CT molecular complexity index is 423. The smallest absolute Gasteiger partial charge is 0.0556 e. The molecule has 0 aromatic carbocycles. The molecule has 0 aliphatic rings. The maximum Gasteiger partial charge on any atom is 0.0556 e. The highest BCUT2D eigenvalue weighted by Crippen LogP contribution is 2.26. The van der Waals surface area contributed by atoms with E-state index in [0.29, 0.717) is 6.54 Å². The number of fused-ring (bicyclic) bond motifs is 1. The van der Waals surface area contributed by atoms with E-state index in [0.717, 1.165) is 11.1 Å². The van der Waals surface area contributed by atoms with E-state index in [2.05, 4.69) is 4.98 Å². The van der Waals surface area contributed by atoms with Crippen molar-refractivity contribution in [3.05, 3.63) is 29.4 Å². The van der Waals surface area contributed by atoms with Crippen molar-refractivity contribution in [3.63, 3.8) is 0 Å². The van der Waals surface area contributed by atoms with Gasteiger partial charge in [-0.3, -0.25) is 4.98 Å². The summed E-state index contributed by atoms with van der Waals surface area (Å²) in [4.78, 5) is 4.29. The zero-order valence-corrected chi connectivity index (χ0v) is 8.50. The second kappa shape index (κ2) is 4.04. The summed E-state index contributed by atoms with van der Waals surface area (Å²) in [6, 6.07) is 4.01. The van der Waals surface area contributed by atoms with Crippen molar-refractivity contribution in [3.8, 4) is 0 Å². The van der Waals surface area contributed by atoms with Crippen LogP contribution in [0.15, 0.2) is 23.7 Å². The second-order valence-electron chi connectivity index (χ2n) is 3.14. The summed E-state index contributed by atoms with van der Waals surface area (Å²) in [6.07, 6.45) is 1.77. The van der Waals surface area contributed by atoms with Crippen molar-refractivity contribution in [2.45, 2.75) is 5.92 Å². The van der Waals surface area contributed by atoms with Crippen molar-refractivity contribution < 1.29 is 5.11 Å². The Kier molecular flexibility index (Phi) is 2.77. The first-order chi connectivity index (χ1) is 6.86. The van der Waals surface area contributed by atoms with E-state index in [1.54, 1.807) is 17.5 Å². The summed E-state index contributed by atoms with van der Waals surface area (Å²) >= 11 is 1.68. The van der Waals surface area contributed by atoms with E-state index in [4.69, 9.17) is 10.8 Å². The summed E-state index contributed by atoms with van der Waals surface area (Å²) < 4.78 is 1.20. The molecule has 74 valence electrons. The Morgan fingerprint density at radius 3 is 3.07 bits per heavy atom. The molecule has 2 rings (SSSR count). The van der Waals surface area contributed by atoms with Gasteiger partial charge in [0.25, 0.3) is 0 Å². The van der Waals surface area contributed by atoms with Crippen molar-refractivity contribution in [2.24, 2.45) is 5.73 Å². The minimum atomic E-state index is -0.0479. The van der Waals surface area contributed by atoms with Crippen LogP contribution in [0.3, 0.4) is 0 Å². The number of pyridine rings is 1. The van der Waals surface area contributed by atoms with Crippen LogP contribution in [0.4, 0.5) is 0 Å². The van der Waals surface area contributed by atoms with Crippen LogP contribution in [-0.2, 0) is 0 Å². The number of aliphatic hydroxyl groups excluding tert-OH is 1. The van der Waals surface area contributed by atoms with Crippen LogP contribution in [0.2, 0.25) is 0 Å². The van der Waals surface area contributed by atoms with Crippen molar-refractivity contribution >= 4 is 21.4 Å². The molecule has 0 saturated carbocycles. The zero-order chi connectivity index (χ0) is 9.97. The Balaban J connectivity index is 2.54. The van der Waals surface area contributed by atoms with Crippen molar-refractivity contribution in [2.75, 3.05) is 13.2 Å². The molecule has 3 nitrogen and oxygen atoms in total. The lowest BCUT2D eigenvalue weighted by atomic mass is 10.0. The Morgan fingerprint density at radius 2 is 2.36 bits per heavy atom. The molecule has 2 aromatic heterocycles. The lowest BCUT2D eigenvalue weighted by molar-refractivity contribution is 0.266. The highest BCUT2D eigenvalue weighted by Gasteiger charge is 2.13. The lowest BCUT2D eigenvalue weighted by Crippen LogP contribution is -2.17. The normalized spacial score (nSPS) is 13.3. The Morgan fingerprint density at radius 1 is 1.50 bits per heavy atom. The third-order valence-corrected chi connectivity index (χ3v) is 3.18. The number of aliphatic hydroxyl groups is 1. The van der Waals surface area contributed by atoms with Crippen molar-refractivity contribution in [1.29, 1.82) is 0 Å². The van der Waals surface area contributed by atoms with Crippen LogP contribution >= 0.6 is 11.3 Å². The van der Waals surface area contributed by atoms with Gasteiger partial charge in [0.15, 0.2) is 0 Å². The number of hydrogen-bond donors (Lipinski definition) is 2. The maximum absolute atomic E-state index is 9.16. The quantitative estimate of drug-likeness (QED) is 0.800. The van der Waals surface area contributed by atoms with Gasteiger partial charge in [-0.1, -0.05) is 0 Å². The minimum Gasteiger partial charge on any atom is -0.396 e. The topological polar surface area (TPSA) is 59.1 Å². The monoisotopic (exact) mass is 208 g/mol. The first-order valence-electron chi connectivity index (χ1n) is 4.50. The number of thiophene rings is 1. The third kappa shape index (κ3) is 1.52. The number of nitrogens with two attached hydrogens (primary N) is 1. The van der Waals surface area contributed by atoms with E-state index in [-0.39, 0.29) is 12.5 Å². The standard InChI is InChI=1S/C10H12N2OS/c11-5-7(6-13)10-8-2-4-14-9(8)1-3-12-10/h1-4,7,13H,5-6,11H2. The van der Waals surface area contributed by atoms with Crippen LogP contribution in [0, 0.1) is 0 Å². The number of rotatable bonds is 3. The van der Waals surface area contributed by atoms with Gasteiger partial charge in [0, 0.05) is 28.7 Å². The van der Waals surface area contributed by atoms with E-state index < -0.39 is 0 Å². The number of nitrogens with zero attached hydrogens (tertiary/aromatic N) is 1. The fourth-order valence-corrected chi connectivity index (χ4v) is 2.30. The Labute approximate surface area is 86.2 Å². The van der Waals surface area contributed by atoms with Gasteiger partial charge in [-0.25, -0.2) is 0 Å². The van der Waals surface area contributed by atoms with E-state index in [1.807, 2.05) is 17.5 Å². The first-order valence-corrected chi connectivity index (χ1v) is 5.37. The van der Waals surface area contributed by atoms with Gasteiger partial charge in [-0.2, -0.15) is 0 Å². The minimum absolute atomic E-state index is 0.0479. The molecular formula is C10H12N2OS. The Hall–Kier alpha value is -0.970. The van der Waals surface area contributed by atoms with Crippen LogP contribution in [-0.4, -0.2) is 23.2 Å². The molecule has 0 spiro atoms. The van der Waals surface area contributed by atoms with Gasteiger partial charge in [0.05, 0.1) is 12.3 Å². The lowest BCUT2D eigenvalue weighted by Gasteiger charge is -2.11. The molecule has 3 N–H and O–H groups in total.